The Morgan fingerprint density at radius 1 is 1.07 bits per heavy atom. The van der Waals surface area contributed by atoms with Crippen molar-refractivity contribution in [2.75, 3.05) is 31.6 Å². The number of ether oxygens (including phenoxy) is 2. The summed E-state index contributed by atoms with van der Waals surface area (Å²) in [6.07, 6.45) is 3.51. The third-order valence-electron chi connectivity index (χ3n) is 4.87. The third-order valence-corrected chi connectivity index (χ3v) is 4.87. The fourth-order valence-electron chi connectivity index (χ4n) is 3.39. The van der Waals surface area contributed by atoms with E-state index in [2.05, 4.69) is 9.88 Å². The van der Waals surface area contributed by atoms with Gasteiger partial charge in [-0.1, -0.05) is 0 Å². The van der Waals surface area contributed by atoms with Gasteiger partial charge >= 0.3 is 6.09 Å². The van der Waals surface area contributed by atoms with E-state index in [-0.39, 0.29) is 12.0 Å². The van der Waals surface area contributed by atoms with E-state index in [1.54, 1.807) is 17.0 Å². The second kappa shape index (κ2) is 7.92. The van der Waals surface area contributed by atoms with Gasteiger partial charge in [0.2, 0.25) is 5.91 Å². The fourth-order valence-corrected chi connectivity index (χ4v) is 3.39. The number of pyridine rings is 1. The molecule has 3 heterocycles. The highest BCUT2D eigenvalue weighted by Crippen LogP contribution is 2.23. The topological polar surface area (TPSA) is 76.9 Å². The van der Waals surface area contributed by atoms with Crippen LogP contribution in [0.25, 0.3) is 16.9 Å². The summed E-state index contributed by atoms with van der Waals surface area (Å²) in [7, 11) is 1.98. The van der Waals surface area contributed by atoms with Crippen LogP contribution in [0.2, 0.25) is 0 Å². The van der Waals surface area contributed by atoms with Gasteiger partial charge < -0.3 is 19.7 Å². The number of benzene rings is 1. The summed E-state index contributed by atoms with van der Waals surface area (Å²) < 4.78 is 14.7. The Balaban J connectivity index is 1.53. The first-order valence-electron chi connectivity index (χ1n) is 9.44. The van der Waals surface area contributed by atoms with Crippen LogP contribution < -0.4 is 14.5 Å². The average Bonchev–Trinajstić information content (AvgIpc) is 3.04. The molecular formula is C21H23N4O4+. The summed E-state index contributed by atoms with van der Waals surface area (Å²) in [6.45, 7) is 3.65. The van der Waals surface area contributed by atoms with Crippen LogP contribution in [0, 0.1) is 0 Å². The molecule has 4 rings (SSSR count). The molecule has 1 N–H and O–H groups in total. The van der Waals surface area contributed by atoms with Crippen LogP contribution in [0.1, 0.15) is 6.92 Å². The van der Waals surface area contributed by atoms with Crippen molar-refractivity contribution in [2.24, 2.45) is 7.05 Å². The molecule has 1 aliphatic rings. The second-order valence-electron chi connectivity index (χ2n) is 6.93. The highest BCUT2D eigenvalue weighted by Gasteiger charge is 2.20. The number of aryl methyl sites for hydroxylation is 1. The van der Waals surface area contributed by atoms with Crippen LogP contribution in [0.5, 0.6) is 5.75 Å². The molecule has 1 fully saturated rings. The van der Waals surface area contributed by atoms with Gasteiger partial charge in [0.1, 0.15) is 18.1 Å². The SMILES string of the molecule is CC(=O)Nc1ccc2n(C)c(-c3ccc(OC(=O)N4CCOCC4)cc3)c[n+]2c1. The number of hydrogen-bond donors (Lipinski definition) is 1. The highest BCUT2D eigenvalue weighted by molar-refractivity contribution is 5.88. The average molecular weight is 395 g/mol. The summed E-state index contributed by atoms with van der Waals surface area (Å²) in [5, 5.41) is 2.79. The molecule has 150 valence electrons. The lowest BCUT2D eigenvalue weighted by Crippen LogP contribution is -2.42. The molecule has 0 spiro atoms. The van der Waals surface area contributed by atoms with Crippen molar-refractivity contribution in [1.82, 2.24) is 9.47 Å². The molecule has 8 nitrogen and oxygen atoms in total. The molecule has 8 heteroatoms. The van der Waals surface area contributed by atoms with Crippen molar-refractivity contribution in [1.29, 1.82) is 0 Å². The Labute approximate surface area is 168 Å². The number of nitrogens with zero attached hydrogens (tertiary/aromatic N) is 3. The van der Waals surface area contributed by atoms with E-state index in [0.29, 0.717) is 32.1 Å². The van der Waals surface area contributed by atoms with Crippen LogP contribution in [0.15, 0.2) is 48.8 Å². The number of carbonyl (C=O) groups excluding carboxylic acids is 2. The van der Waals surface area contributed by atoms with Gasteiger partial charge in [-0.05, 0) is 30.3 Å². The van der Waals surface area contributed by atoms with Crippen molar-refractivity contribution >= 4 is 23.3 Å². The molecular weight excluding hydrogens is 372 g/mol. The minimum atomic E-state index is -0.355. The highest BCUT2D eigenvalue weighted by atomic mass is 16.6. The number of rotatable bonds is 3. The minimum Gasteiger partial charge on any atom is -0.410 e. The Morgan fingerprint density at radius 2 is 1.79 bits per heavy atom. The molecule has 1 aliphatic heterocycles. The minimum absolute atomic E-state index is 0.108. The number of fused-ring (bicyclic) bond motifs is 1. The van der Waals surface area contributed by atoms with Crippen LogP contribution in [-0.2, 0) is 16.6 Å². The van der Waals surface area contributed by atoms with Crippen molar-refractivity contribution in [2.45, 2.75) is 6.92 Å². The number of imidazole rings is 1. The molecule has 2 aromatic heterocycles. The first-order chi connectivity index (χ1) is 14.0. The predicted octanol–water partition coefficient (Wildman–Crippen LogP) is 2.22. The van der Waals surface area contributed by atoms with Crippen molar-refractivity contribution in [3.05, 3.63) is 48.8 Å². The molecule has 2 amide bonds. The van der Waals surface area contributed by atoms with Gasteiger partial charge in [-0.25, -0.2) is 13.8 Å². The van der Waals surface area contributed by atoms with Gasteiger partial charge in [0.05, 0.1) is 25.9 Å². The van der Waals surface area contributed by atoms with Crippen LogP contribution in [0.4, 0.5) is 10.5 Å². The van der Waals surface area contributed by atoms with Gasteiger partial charge in [-0.2, -0.15) is 0 Å². The first kappa shape index (κ1) is 18.9. The molecule has 0 atom stereocenters. The summed E-state index contributed by atoms with van der Waals surface area (Å²) in [4.78, 5) is 25.1. The van der Waals surface area contributed by atoms with E-state index in [4.69, 9.17) is 9.47 Å². The molecule has 1 saturated heterocycles. The van der Waals surface area contributed by atoms with E-state index in [1.165, 1.54) is 6.92 Å². The number of morpholine rings is 1. The molecule has 3 aromatic rings. The smallest absolute Gasteiger partial charge is 0.410 e. The summed E-state index contributed by atoms with van der Waals surface area (Å²) in [5.41, 5.74) is 3.70. The van der Waals surface area contributed by atoms with Crippen LogP contribution in [0.3, 0.4) is 0 Å². The van der Waals surface area contributed by atoms with E-state index < -0.39 is 0 Å². The largest absolute Gasteiger partial charge is 0.415 e. The van der Waals surface area contributed by atoms with E-state index >= 15 is 0 Å². The van der Waals surface area contributed by atoms with E-state index in [9.17, 15) is 9.59 Å². The number of carbonyl (C=O) groups is 2. The fraction of sp³-hybridized carbons (Fsp3) is 0.286. The Morgan fingerprint density at radius 3 is 2.48 bits per heavy atom. The van der Waals surface area contributed by atoms with E-state index in [0.717, 1.165) is 22.6 Å². The van der Waals surface area contributed by atoms with Crippen molar-refractivity contribution in [3.63, 3.8) is 0 Å². The number of anilines is 1. The zero-order chi connectivity index (χ0) is 20.4. The summed E-state index contributed by atoms with van der Waals surface area (Å²) in [6, 6.07) is 11.2. The molecule has 0 saturated carbocycles. The Bertz CT molecular complexity index is 1050. The van der Waals surface area contributed by atoms with Gasteiger partial charge in [-0.15, -0.1) is 0 Å². The van der Waals surface area contributed by atoms with Gasteiger partial charge in [0.15, 0.2) is 5.69 Å². The normalized spacial score (nSPS) is 14.1. The van der Waals surface area contributed by atoms with E-state index in [1.807, 2.05) is 48.1 Å². The van der Waals surface area contributed by atoms with Crippen molar-refractivity contribution in [3.8, 4) is 17.0 Å². The monoisotopic (exact) mass is 395 g/mol. The number of nitrogens with one attached hydrogen (secondary N) is 1. The van der Waals surface area contributed by atoms with Gasteiger partial charge in [0, 0.05) is 31.6 Å². The first-order valence-corrected chi connectivity index (χ1v) is 9.44. The maximum absolute atomic E-state index is 12.2. The van der Waals surface area contributed by atoms with Crippen LogP contribution in [-0.4, -0.2) is 47.8 Å². The zero-order valence-corrected chi connectivity index (χ0v) is 16.4. The molecule has 29 heavy (non-hydrogen) atoms. The maximum Gasteiger partial charge on any atom is 0.415 e. The van der Waals surface area contributed by atoms with Gasteiger partial charge in [-0.3, -0.25) is 4.79 Å². The number of amides is 2. The number of hydrogen-bond acceptors (Lipinski definition) is 4. The summed E-state index contributed by atoms with van der Waals surface area (Å²) >= 11 is 0. The molecule has 0 bridgehead atoms. The summed E-state index contributed by atoms with van der Waals surface area (Å²) in [5.74, 6) is 0.396. The lowest BCUT2D eigenvalue weighted by molar-refractivity contribution is -0.509. The molecule has 0 radical (unpaired) electrons. The van der Waals surface area contributed by atoms with Crippen molar-refractivity contribution < 1.29 is 23.5 Å². The maximum atomic E-state index is 12.2. The molecule has 0 aliphatic carbocycles. The lowest BCUT2D eigenvalue weighted by Gasteiger charge is -2.25. The molecule has 0 unspecified atom stereocenters. The zero-order valence-electron chi connectivity index (χ0n) is 16.4. The quantitative estimate of drug-likeness (QED) is 0.690. The number of aromatic nitrogens is 2. The second-order valence-corrected chi connectivity index (χ2v) is 6.93. The standard InChI is InChI=1S/C21H22N4O4/c1-15(26)22-17-5-8-20-23(2)19(14-25(20)13-17)16-3-6-18(7-4-16)29-21(27)24-9-11-28-12-10-24/h3-8,13-14H,9-12H2,1-2H3/p+1. The predicted molar refractivity (Wildman–Crippen MR) is 107 cm³/mol. The van der Waals surface area contributed by atoms with Crippen LogP contribution >= 0.6 is 0 Å². The Kier molecular flexibility index (Phi) is 5.18. The molecule has 1 aromatic carbocycles. The van der Waals surface area contributed by atoms with Gasteiger partial charge in [0.25, 0.3) is 5.65 Å². The Hall–Kier alpha value is -3.39. The lowest BCUT2D eigenvalue weighted by atomic mass is 10.1. The third kappa shape index (κ3) is 4.07.